The van der Waals surface area contributed by atoms with Gasteiger partial charge in [0.1, 0.15) is 23.9 Å². The summed E-state index contributed by atoms with van der Waals surface area (Å²) < 4.78 is 52.5. The average Bonchev–Trinajstić information content (AvgIpc) is 3.45. The summed E-state index contributed by atoms with van der Waals surface area (Å²) in [7, 11) is 5.44. The number of methoxy groups -OCH3 is 1. The number of carbonyl (C=O) groups is 1. The van der Waals surface area contributed by atoms with E-state index in [0.717, 1.165) is 5.57 Å². The van der Waals surface area contributed by atoms with Crippen molar-refractivity contribution in [1.29, 1.82) is 0 Å². The number of hydrogen-bond donors (Lipinski definition) is 2. The van der Waals surface area contributed by atoms with Crippen molar-refractivity contribution in [3.8, 4) is 0 Å². The van der Waals surface area contributed by atoms with Gasteiger partial charge in [-0.15, -0.1) is 0 Å². The van der Waals surface area contributed by atoms with Gasteiger partial charge in [0.2, 0.25) is 0 Å². The van der Waals surface area contributed by atoms with Crippen molar-refractivity contribution in [2.75, 3.05) is 21.2 Å². The van der Waals surface area contributed by atoms with Gasteiger partial charge in [0.15, 0.2) is 18.4 Å². The van der Waals surface area contributed by atoms with E-state index in [1.807, 2.05) is 73.5 Å². The molecule has 0 radical (unpaired) electrons. The molecule has 4 saturated heterocycles. The van der Waals surface area contributed by atoms with E-state index in [0.29, 0.717) is 19.3 Å². The molecule has 12 heteroatoms. The van der Waals surface area contributed by atoms with E-state index in [4.69, 9.17) is 37.9 Å². The summed E-state index contributed by atoms with van der Waals surface area (Å²) in [6.45, 7) is 19.4. The third-order valence-corrected chi connectivity index (χ3v) is 12.2. The molecule has 0 amide bonds. The van der Waals surface area contributed by atoms with E-state index in [2.05, 4.69) is 6.92 Å². The number of fused-ring (bicyclic) bond motifs is 2. The van der Waals surface area contributed by atoms with Gasteiger partial charge in [0.25, 0.3) is 0 Å². The van der Waals surface area contributed by atoms with Crippen molar-refractivity contribution >= 4 is 5.97 Å². The Labute approximate surface area is 293 Å². The first-order valence-electron chi connectivity index (χ1n) is 18.2. The zero-order chi connectivity index (χ0) is 36.4. The zero-order valence-corrected chi connectivity index (χ0v) is 31.9. The smallest absolute Gasteiger partial charge is 0.311 e. The Morgan fingerprint density at radius 1 is 1.00 bits per heavy atom. The van der Waals surface area contributed by atoms with E-state index < -0.39 is 89.6 Å². The largest absolute Gasteiger partial charge is 0.459 e. The Bertz CT molecular complexity index is 1230. The van der Waals surface area contributed by atoms with E-state index in [-0.39, 0.29) is 24.5 Å². The number of aliphatic hydroxyl groups excluding tert-OH is 2. The van der Waals surface area contributed by atoms with Crippen LogP contribution in [0.25, 0.3) is 0 Å². The van der Waals surface area contributed by atoms with Crippen molar-refractivity contribution < 1.29 is 52.9 Å². The van der Waals surface area contributed by atoms with Gasteiger partial charge in [-0.2, -0.15) is 0 Å². The third-order valence-electron chi connectivity index (χ3n) is 12.2. The van der Waals surface area contributed by atoms with Crippen LogP contribution in [0.15, 0.2) is 11.6 Å². The maximum Gasteiger partial charge on any atom is 0.311 e. The highest BCUT2D eigenvalue weighted by Crippen LogP contribution is 2.56. The Morgan fingerprint density at radius 2 is 1.67 bits per heavy atom. The van der Waals surface area contributed by atoms with Crippen molar-refractivity contribution in [2.45, 2.75) is 179 Å². The number of rotatable bonds is 7. The number of aliphatic hydroxyl groups is 2. The minimum absolute atomic E-state index is 0.0864. The van der Waals surface area contributed by atoms with Crippen molar-refractivity contribution in [3.05, 3.63) is 11.6 Å². The molecular formula is C37H63NO11. The van der Waals surface area contributed by atoms with Crippen LogP contribution in [-0.2, 0) is 42.7 Å². The number of cyclic esters (lactones) is 1. The maximum absolute atomic E-state index is 14.2. The summed E-state index contributed by atoms with van der Waals surface area (Å²) in [5, 5.41) is 22.5. The normalized spacial score (nSPS) is 52.4. The number of esters is 1. The van der Waals surface area contributed by atoms with Crippen LogP contribution in [-0.4, -0.2) is 126 Å². The summed E-state index contributed by atoms with van der Waals surface area (Å²) in [4.78, 5) is 16.2. The van der Waals surface area contributed by atoms with Gasteiger partial charge in [-0.1, -0.05) is 20.8 Å². The first kappa shape index (κ1) is 39.0. The summed E-state index contributed by atoms with van der Waals surface area (Å²) in [6.07, 6.45) is -2.44. The highest BCUT2D eigenvalue weighted by Gasteiger charge is 2.65. The lowest BCUT2D eigenvalue weighted by Crippen LogP contribution is -2.61. The average molecular weight is 698 g/mol. The topological polar surface area (TPSA) is 135 Å². The zero-order valence-electron chi connectivity index (χ0n) is 31.9. The lowest BCUT2D eigenvalue weighted by Gasteiger charge is -2.49. The van der Waals surface area contributed by atoms with Gasteiger partial charge in [-0.3, -0.25) is 4.79 Å². The first-order chi connectivity index (χ1) is 22.7. The van der Waals surface area contributed by atoms with Crippen LogP contribution in [0.3, 0.4) is 0 Å². The number of carbonyl (C=O) groups excluding carboxylic acids is 1. The van der Waals surface area contributed by atoms with E-state index in [9.17, 15) is 15.0 Å². The molecule has 5 aliphatic heterocycles. The van der Waals surface area contributed by atoms with Gasteiger partial charge in [0.05, 0.1) is 41.5 Å². The fourth-order valence-electron chi connectivity index (χ4n) is 9.37. The number of likely N-dealkylation sites (N-methyl/N-ethyl adjacent to an activating group) is 1. The molecule has 5 aliphatic rings. The van der Waals surface area contributed by atoms with Crippen molar-refractivity contribution in [1.82, 2.24) is 4.90 Å². The minimum Gasteiger partial charge on any atom is -0.459 e. The minimum atomic E-state index is -1.07. The number of ether oxygens (including phenoxy) is 8. The van der Waals surface area contributed by atoms with Crippen LogP contribution in [0.1, 0.15) is 94.9 Å². The molecule has 0 aromatic rings. The lowest BCUT2D eigenvalue weighted by molar-refractivity contribution is -0.337. The monoisotopic (exact) mass is 697 g/mol. The van der Waals surface area contributed by atoms with Crippen LogP contribution >= 0.6 is 0 Å². The predicted octanol–water partition coefficient (Wildman–Crippen LogP) is 3.94. The van der Waals surface area contributed by atoms with Crippen LogP contribution in [0.5, 0.6) is 0 Å². The van der Waals surface area contributed by atoms with Crippen molar-refractivity contribution in [3.63, 3.8) is 0 Å². The molecule has 0 aromatic heterocycles. The summed E-state index contributed by atoms with van der Waals surface area (Å²) in [5.41, 5.74) is -1.90. The molecular weight excluding hydrogens is 634 g/mol. The van der Waals surface area contributed by atoms with Crippen LogP contribution in [0.2, 0.25) is 0 Å². The quantitative estimate of drug-likeness (QED) is 0.295. The Balaban J connectivity index is 1.60. The number of nitrogens with zero attached hydrogens (tertiary/aromatic N) is 1. The van der Waals surface area contributed by atoms with Crippen LogP contribution < -0.4 is 0 Å². The van der Waals surface area contributed by atoms with E-state index >= 15 is 0 Å². The summed E-state index contributed by atoms with van der Waals surface area (Å²) in [6, 6.07) is -0.191. The molecule has 0 aliphatic carbocycles. The Kier molecular flexibility index (Phi) is 11.1. The third kappa shape index (κ3) is 6.89. The van der Waals surface area contributed by atoms with Crippen LogP contribution in [0.4, 0.5) is 0 Å². The molecule has 0 unspecified atom stereocenters. The van der Waals surface area contributed by atoms with Gasteiger partial charge < -0.3 is 53.0 Å². The Morgan fingerprint density at radius 3 is 2.29 bits per heavy atom. The molecule has 5 rings (SSSR count). The van der Waals surface area contributed by atoms with Gasteiger partial charge in [-0.05, 0) is 93.5 Å². The molecule has 282 valence electrons. The summed E-state index contributed by atoms with van der Waals surface area (Å²) >= 11 is 0. The molecule has 17 atom stereocenters. The number of hydrogen-bond acceptors (Lipinski definition) is 12. The molecule has 1 spiro atoms. The van der Waals surface area contributed by atoms with E-state index in [1.165, 1.54) is 0 Å². The molecule has 5 heterocycles. The fourth-order valence-corrected chi connectivity index (χ4v) is 9.37. The molecule has 0 saturated carbocycles. The highest BCUT2D eigenvalue weighted by molar-refractivity contribution is 5.73. The molecule has 0 aromatic carbocycles. The molecule has 3 bridgehead atoms. The van der Waals surface area contributed by atoms with Crippen molar-refractivity contribution in [2.24, 2.45) is 17.8 Å². The molecule has 49 heavy (non-hydrogen) atoms. The standard InChI is InChI=1S/C37H63NO11/c1-14-26-34(8)16-19(2)37(48-34)20(3)17-36(10,49-37)31(47-33-28(39)25(38(11)12)15-21(4)43-33)22(5)29(23(6)32(41)45-26)46-27-18-35(9,42-13)30(40)24(7)44-27/h16,20-31,33,39-40H,14-15,17-18H2,1-13H3/t20-,21-,22+,23-,24+,25+,26-,27+,28-,29+,30+,31-,33+,34-,35-,36-,37-/m1/s1. The fraction of sp³-hybridized carbons (Fsp3) is 0.919. The van der Waals surface area contributed by atoms with E-state index in [1.54, 1.807) is 21.0 Å². The van der Waals surface area contributed by atoms with Gasteiger partial charge >= 0.3 is 5.97 Å². The second-order valence-electron chi connectivity index (χ2n) is 16.4. The highest BCUT2D eigenvalue weighted by atomic mass is 16.8. The maximum atomic E-state index is 14.2. The SMILES string of the molecule is CC[C@H]1OC(=O)[C@H](C)[C@@H](O[C@H]2C[C@@](C)(OC)[C@@H](O)[C@H](C)O2)[C@H](C)[C@@H](O[C@@H]2O[C@H](C)C[C@H](N(C)C)[C@H]2O)[C@@]2(C)C[C@@H](C)[C@]3(O[C@]1(C)C=C3C)O2. The molecule has 12 nitrogen and oxygen atoms in total. The van der Waals surface area contributed by atoms with Crippen LogP contribution in [0, 0.1) is 17.8 Å². The predicted molar refractivity (Wildman–Crippen MR) is 180 cm³/mol. The first-order valence-corrected chi connectivity index (χ1v) is 18.2. The summed E-state index contributed by atoms with van der Waals surface area (Å²) in [5.74, 6) is -2.88. The second kappa shape index (κ2) is 14.0. The second-order valence-corrected chi connectivity index (χ2v) is 16.4. The molecule has 2 N–H and O–H groups in total. The Hall–Kier alpha value is -1.19. The van der Waals surface area contributed by atoms with Gasteiger partial charge in [0, 0.05) is 31.4 Å². The molecule has 4 fully saturated rings. The van der Waals surface area contributed by atoms with Gasteiger partial charge in [-0.25, -0.2) is 0 Å². The lowest BCUT2D eigenvalue weighted by atomic mass is 9.78.